The molecule has 1 saturated carbocycles. The molecule has 2 amide bonds. The minimum absolute atomic E-state index is 0.0924. The molecule has 0 aromatic heterocycles. The van der Waals surface area contributed by atoms with Crippen LogP contribution in [0.1, 0.15) is 57.6 Å². The molecule has 0 saturated heterocycles. The van der Waals surface area contributed by atoms with Crippen LogP contribution in [0, 0.1) is 11.3 Å². The van der Waals surface area contributed by atoms with Crippen molar-refractivity contribution in [2.45, 2.75) is 58.0 Å². The molecule has 7 heteroatoms. The Morgan fingerprint density at radius 2 is 1.50 bits per heavy atom. The summed E-state index contributed by atoms with van der Waals surface area (Å²) >= 11 is 0. The summed E-state index contributed by atoms with van der Waals surface area (Å²) in [4.78, 5) is 37.8. The first kappa shape index (κ1) is 23.8. The van der Waals surface area contributed by atoms with Gasteiger partial charge in [0, 0.05) is 5.92 Å². The van der Waals surface area contributed by atoms with Gasteiger partial charge in [-0.2, -0.15) is 0 Å². The van der Waals surface area contributed by atoms with E-state index in [1.807, 2.05) is 57.2 Å². The first-order chi connectivity index (χ1) is 16.0. The van der Waals surface area contributed by atoms with Crippen LogP contribution in [-0.4, -0.2) is 41.3 Å². The number of ether oxygens (including phenoxy) is 1. The van der Waals surface area contributed by atoms with Gasteiger partial charge in [0.15, 0.2) is 0 Å². The van der Waals surface area contributed by atoms with Crippen LogP contribution in [0.4, 0.5) is 4.79 Å². The Balaban J connectivity index is 1.45. The average molecular weight is 465 g/mol. The Morgan fingerprint density at radius 1 is 0.971 bits per heavy atom. The molecule has 34 heavy (non-hydrogen) atoms. The molecular weight excluding hydrogens is 432 g/mol. The molecule has 0 aliphatic heterocycles. The van der Waals surface area contributed by atoms with Crippen LogP contribution in [0.25, 0.3) is 11.1 Å². The monoisotopic (exact) mass is 464 g/mol. The molecule has 7 nitrogen and oxygen atoms in total. The van der Waals surface area contributed by atoms with E-state index in [4.69, 9.17) is 4.74 Å². The van der Waals surface area contributed by atoms with Crippen molar-refractivity contribution in [2.24, 2.45) is 11.3 Å². The van der Waals surface area contributed by atoms with Crippen molar-refractivity contribution >= 4 is 18.0 Å². The van der Waals surface area contributed by atoms with Crippen molar-refractivity contribution in [3.05, 3.63) is 59.7 Å². The van der Waals surface area contributed by atoms with Crippen molar-refractivity contribution in [1.29, 1.82) is 0 Å². The highest BCUT2D eigenvalue weighted by Gasteiger charge is 2.50. The predicted octanol–water partition coefficient (Wildman–Crippen LogP) is 4.31. The van der Waals surface area contributed by atoms with Crippen LogP contribution < -0.4 is 10.6 Å². The summed E-state index contributed by atoms with van der Waals surface area (Å²) in [6.45, 7) is 7.11. The molecule has 2 aliphatic rings. The highest BCUT2D eigenvalue weighted by Crippen LogP contribution is 2.44. The number of benzene rings is 2. The molecule has 2 atom stereocenters. The van der Waals surface area contributed by atoms with E-state index in [1.54, 1.807) is 0 Å². The number of hydrogen-bond acceptors (Lipinski definition) is 4. The van der Waals surface area contributed by atoms with Gasteiger partial charge in [0.2, 0.25) is 5.91 Å². The van der Waals surface area contributed by atoms with E-state index < -0.39 is 35.0 Å². The first-order valence-electron chi connectivity index (χ1n) is 11.7. The molecule has 0 heterocycles. The second-order valence-electron chi connectivity index (χ2n) is 10.5. The van der Waals surface area contributed by atoms with Gasteiger partial charge in [-0.25, -0.2) is 9.59 Å². The minimum atomic E-state index is -1.36. The fourth-order valence-corrected chi connectivity index (χ4v) is 4.75. The van der Waals surface area contributed by atoms with Crippen LogP contribution in [-0.2, 0) is 14.3 Å². The zero-order valence-electron chi connectivity index (χ0n) is 20.1. The number of alkyl carbamates (subject to hydrolysis) is 1. The fraction of sp³-hybridized carbons (Fsp3) is 0.444. The molecule has 180 valence electrons. The summed E-state index contributed by atoms with van der Waals surface area (Å²) in [6, 6.07) is 15.2. The second kappa shape index (κ2) is 8.78. The van der Waals surface area contributed by atoms with Crippen molar-refractivity contribution in [3.8, 4) is 11.1 Å². The third-order valence-corrected chi connectivity index (χ3v) is 6.96. The fourth-order valence-electron chi connectivity index (χ4n) is 4.75. The van der Waals surface area contributed by atoms with Gasteiger partial charge in [-0.15, -0.1) is 0 Å². The second-order valence-corrected chi connectivity index (χ2v) is 10.5. The van der Waals surface area contributed by atoms with E-state index in [9.17, 15) is 19.5 Å². The number of carboxylic acid groups (broad SMARTS) is 1. The molecule has 4 rings (SSSR count). The van der Waals surface area contributed by atoms with Gasteiger partial charge >= 0.3 is 12.1 Å². The standard InChI is InChI=1S/C27H32N2O5/c1-26(2,3)22(23(30)29-27(4,24(31)32)16-13-14-16)28-25(33)34-15-21-19-11-7-5-9-17(19)18-10-6-8-12-20(18)21/h5-12,16,21-22H,13-15H2,1-4H3,(H,28,33)(H,29,30)(H,31,32). The van der Waals surface area contributed by atoms with Gasteiger partial charge in [0.1, 0.15) is 18.2 Å². The quantitative estimate of drug-likeness (QED) is 0.566. The SMILES string of the molecule is CC(C)(C)C(NC(=O)OCC1c2ccccc2-c2ccccc21)C(=O)NC(C)(C(=O)O)C1CC1. The Bertz CT molecular complexity index is 1070. The van der Waals surface area contributed by atoms with Crippen molar-refractivity contribution in [1.82, 2.24) is 10.6 Å². The van der Waals surface area contributed by atoms with Crippen molar-refractivity contribution in [2.75, 3.05) is 6.61 Å². The number of hydrogen-bond donors (Lipinski definition) is 3. The molecule has 0 bridgehead atoms. The zero-order chi connectivity index (χ0) is 24.7. The maximum atomic E-state index is 13.1. The van der Waals surface area contributed by atoms with Crippen LogP contribution in [0.3, 0.4) is 0 Å². The maximum Gasteiger partial charge on any atom is 0.407 e. The largest absolute Gasteiger partial charge is 0.480 e. The number of fused-ring (bicyclic) bond motifs is 3. The average Bonchev–Trinajstić information content (AvgIpc) is 3.59. The minimum Gasteiger partial charge on any atom is -0.480 e. The molecule has 3 N–H and O–H groups in total. The molecule has 2 unspecified atom stereocenters. The van der Waals surface area contributed by atoms with E-state index in [2.05, 4.69) is 22.8 Å². The summed E-state index contributed by atoms with van der Waals surface area (Å²) in [7, 11) is 0. The predicted molar refractivity (Wildman–Crippen MR) is 128 cm³/mol. The molecule has 1 fully saturated rings. The number of carboxylic acids is 1. The highest BCUT2D eigenvalue weighted by atomic mass is 16.5. The smallest absolute Gasteiger partial charge is 0.407 e. The number of carbonyl (C=O) groups is 3. The van der Waals surface area contributed by atoms with Crippen LogP contribution >= 0.6 is 0 Å². The molecule has 2 aliphatic carbocycles. The number of amides is 2. The number of carbonyl (C=O) groups excluding carboxylic acids is 2. The van der Waals surface area contributed by atoms with Gasteiger partial charge in [-0.3, -0.25) is 4.79 Å². The van der Waals surface area contributed by atoms with Crippen LogP contribution in [0.2, 0.25) is 0 Å². The van der Waals surface area contributed by atoms with Gasteiger partial charge in [-0.05, 0) is 53.4 Å². The first-order valence-corrected chi connectivity index (χ1v) is 11.7. The van der Waals surface area contributed by atoms with Crippen molar-refractivity contribution in [3.63, 3.8) is 0 Å². The lowest BCUT2D eigenvalue weighted by atomic mass is 9.85. The third-order valence-electron chi connectivity index (χ3n) is 6.96. The van der Waals surface area contributed by atoms with Crippen LogP contribution in [0.15, 0.2) is 48.5 Å². The normalized spacial score (nSPS) is 17.6. The lowest BCUT2D eigenvalue weighted by Crippen LogP contribution is -2.61. The van der Waals surface area contributed by atoms with Gasteiger partial charge < -0.3 is 20.5 Å². The van der Waals surface area contributed by atoms with Crippen molar-refractivity contribution < 1.29 is 24.2 Å². The molecule has 0 radical (unpaired) electrons. The summed E-state index contributed by atoms with van der Waals surface area (Å²) in [5.41, 5.74) is 2.45. The summed E-state index contributed by atoms with van der Waals surface area (Å²) in [5, 5.41) is 15.1. The lowest BCUT2D eigenvalue weighted by molar-refractivity contribution is -0.148. The zero-order valence-corrected chi connectivity index (χ0v) is 20.1. The summed E-state index contributed by atoms with van der Waals surface area (Å²) in [5.74, 6) is -1.80. The van der Waals surface area contributed by atoms with E-state index in [0.29, 0.717) is 0 Å². The number of aliphatic carboxylic acids is 1. The number of rotatable bonds is 7. The van der Waals surface area contributed by atoms with Gasteiger partial charge in [-0.1, -0.05) is 69.3 Å². The van der Waals surface area contributed by atoms with E-state index in [0.717, 1.165) is 35.1 Å². The third kappa shape index (κ3) is 4.52. The van der Waals surface area contributed by atoms with Crippen LogP contribution in [0.5, 0.6) is 0 Å². The Morgan fingerprint density at radius 3 is 1.97 bits per heavy atom. The molecule has 2 aromatic rings. The summed E-state index contributed by atoms with van der Waals surface area (Å²) in [6.07, 6.45) is 0.798. The summed E-state index contributed by atoms with van der Waals surface area (Å²) < 4.78 is 5.61. The highest BCUT2D eigenvalue weighted by molar-refractivity contribution is 5.92. The van der Waals surface area contributed by atoms with E-state index >= 15 is 0 Å². The van der Waals surface area contributed by atoms with Gasteiger partial charge in [0.25, 0.3) is 0 Å². The van der Waals surface area contributed by atoms with Gasteiger partial charge in [0.05, 0.1) is 0 Å². The maximum absolute atomic E-state index is 13.1. The Hall–Kier alpha value is -3.35. The Kier molecular flexibility index (Phi) is 6.14. The molecular formula is C27H32N2O5. The topological polar surface area (TPSA) is 105 Å². The van der Waals surface area contributed by atoms with E-state index in [1.165, 1.54) is 6.92 Å². The molecule has 0 spiro atoms. The Labute approximate surface area is 199 Å². The van der Waals surface area contributed by atoms with E-state index in [-0.39, 0.29) is 18.4 Å². The molecule has 2 aromatic carbocycles. The lowest BCUT2D eigenvalue weighted by Gasteiger charge is -2.34. The number of nitrogens with one attached hydrogen (secondary N) is 2.